The van der Waals surface area contributed by atoms with E-state index in [4.69, 9.17) is 9.88 Å². The van der Waals surface area contributed by atoms with Gasteiger partial charge in [0.1, 0.15) is 11.3 Å². The van der Waals surface area contributed by atoms with Crippen LogP contribution in [-0.4, -0.2) is 41.4 Å². The Labute approximate surface area is 145 Å². The van der Waals surface area contributed by atoms with Gasteiger partial charge >= 0.3 is 0 Å². The molecule has 0 fully saturated rings. The summed E-state index contributed by atoms with van der Waals surface area (Å²) in [6.45, 7) is 0.666. The number of nitrogens with zero attached hydrogens (tertiary/aromatic N) is 4. The van der Waals surface area contributed by atoms with Crippen molar-refractivity contribution in [2.24, 2.45) is 5.14 Å². The van der Waals surface area contributed by atoms with E-state index in [1.54, 1.807) is 11.8 Å². The molecule has 130 valence electrons. The van der Waals surface area contributed by atoms with Gasteiger partial charge in [-0.15, -0.1) is 5.10 Å². The number of fused-ring (bicyclic) bond motifs is 2. The Morgan fingerprint density at radius 1 is 1.16 bits per heavy atom. The maximum atomic E-state index is 11.6. The van der Waals surface area contributed by atoms with Gasteiger partial charge in [0.25, 0.3) is 10.2 Å². The lowest BCUT2D eigenvalue weighted by atomic mass is 10.0. The summed E-state index contributed by atoms with van der Waals surface area (Å²) in [5.74, 6) is 0.716. The maximum Gasteiger partial charge on any atom is 0.277 e. The number of aromatic nitrogens is 3. The third-order valence-corrected chi connectivity index (χ3v) is 5.46. The van der Waals surface area contributed by atoms with E-state index in [1.807, 2.05) is 36.4 Å². The molecule has 0 radical (unpaired) electrons. The molecule has 0 unspecified atom stereocenters. The lowest BCUT2D eigenvalue weighted by Gasteiger charge is -2.26. The van der Waals surface area contributed by atoms with Gasteiger partial charge in [0.05, 0.1) is 18.3 Å². The van der Waals surface area contributed by atoms with Crippen LogP contribution in [0.5, 0.6) is 5.75 Å². The largest absolute Gasteiger partial charge is 0.497 e. The average molecular weight is 359 g/mol. The number of hydrogen-bond acceptors (Lipinski definition) is 5. The predicted octanol–water partition coefficient (Wildman–Crippen LogP) is 0.991. The molecule has 1 aliphatic heterocycles. The summed E-state index contributed by atoms with van der Waals surface area (Å²) in [7, 11) is -2.09. The first-order valence-corrected chi connectivity index (χ1v) is 9.25. The smallest absolute Gasteiger partial charge is 0.277 e. The zero-order valence-corrected chi connectivity index (χ0v) is 14.4. The fourth-order valence-electron chi connectivity index (χ4n) is 3.09. The molecule has 8 nitrogen and oxygen atoms in total. The Hall–Kier alpha value is -2.49. The summed E-state index contributed by atoms with van der Waals surface area (Å²) in [4.78, 5) is 0. The molecule has 0 saturated heterocycles. The van der Waals surface area contributed by atoms with Crippen LogP contribution in [0.4, 0.5) is 0 Å². The summed E-state index contributed by atoms with van der Waals surface area (Å²) in [5, 5.41) is 13.6. The summed E-state index contributed by atoms with van der Waals surface area (Å²) >= 11 is 0. The first-order valence-electron chi connectivity index (χ1n) is 7.75. The number of methoxy groups -OCH3 is 1. The number of rotatable bonds is 3. The van der Waals surface area contributed by atoms with Crippen LogP contribution in [-0.2, 0) is 23.2 Å². The maximum absolute atomic E-state index is 11.6. The van der Waals surface area contributed by atoms with Gasteiger partial charge in [0.2, 0.25) is 0 Å². The average Bonchev–Trinajstić information content (AvgIpc) is 3.03. The molecule has 2 heterocycles. The Balaban J connectivity index is 1.76. The van der Waals surface area contributed by atoms with Crippen LogP contribution in [0, 0.1) is 0 Å². The summed E-state index contributed by atoms with van der Waals surface area (Å²) in [5.41, 5.74) is 4.44. The molecule has 2 aromatic carbocycles. The molecule has 25 heavy (non-hydrogen) atoms. The van der Waals surface area contributed by atoms with Crippen LogP contribution >= 0.6 is 0 Å². The number of benzene rings is 2. The van der Waals surface area contributed by atoms with E-state index in [1.165, 1.54) is 4.31 Å². The van der Waals surface area contributed by atoms with Gasteiger partial charge in [-0.3, -0.25) is 0 Å². The number of nitrogens with two attached hydrogens (primary N) is 1. The van der Waals surface area contributed by atoms with Crippen molar-refractivity contribution in [3.8, 4) is 11.4 Å². The van der Waals surface area contributed by atoms with E-state index in [-0.39, 0.29) is 6.54 Å². The molecule has 0 atom stereocenters. The standard InChI is InChI=1S/C16H17N5O3S/c1-24-14-4-5-16-15(9-14)18-19-21(16)13-3-2-11-6-7-20(25(17,22)23)10-12(11)8-13/h2-5,8-9H,6-7,10H2,1H3,(H2,17,22,23). The van der Waals surface area contributed by atoms with Crippen molar-refractivity contribution in [2.75, 3.05) is 13.7 Å². The second kappa shape index (κ2) is 5.80. The second-order valence-corrected chi connectivity index (χ2v) is 7.48. The molecule has 0 spiro atoms. The predicted molar refractivity (Wildman–Crippen MR) is 92.6 cm³/mol. The highest BCUT2D eigenvalue weighted by Crippen LogP contribution is 2.25. The lowest BCUT2D eigenvalue weighted by Crippen LogP contribution is -2.40. The van der Waals surface area contributed by atoms with Crippen LogP contribution in [0.3, 0.4) is 0 Å². The van der Waals surface area contributed by atoms with E-state index >= 15 is 0 Å². The Morgan fingerprint density at radius 3 is 2.76 bits per heavy atom. The van der Waals surface area contributed by atoms with Gasteiger partial charge in [-0.1, -0.05) is 11.3 Å². The fraction of sp³-hybridized carbons (Fsp3) is 0.250. The van der Waals surface area contributed by atoms with Gasteiger partial charge in [0, 0.05) is 19.2 Å². The second-order valence-electron chi connectivity index (χ2n) is 5.94. The van der Waals surface area contributed by atoms with Crippen molar-refractivity contribution in [3.63, 3.8) is 0 Å². The van der Waals surface area contributed by atoms with Crippen molar-refractivity contribution in [3.05, 3.63) is 47.5 Å². The normalized spacial score (nSPS) is 15.3. The van der Waals surface area contributed by atoms with Crippen molar-refractivity contribution < 1.29 is 13.2 Å². The minimum atomic E-state index is -3.69. The number of ether oxygens (including phenoxy) is 1. The molecule has 9 heteroatoms. The summed E-state index contributed by atoms with van der Waals surface area (Å²) in [6.07, 6.45) is 0.640. The number of hydrogen-bond donors (Lipinski definition) is 1. The monoisotopic (exact) mass is 359 g/mol. The van der Waals surface area contributed by atoms with Gasteiger partial charge in [-0.2, -0.15) is 12.7 Å². The molecule has 2 N–H and O–H groups in total. The zero-order chi connectivity index (χ0) is 17.6. The van der Waals surface area contributed by atoms with Gasteiger partial charge in [0.15, 0.2) is 0 Å². The highest BCUT2D eigenvalue weighted by atomic mass is 32.2. The SMILES string of the molecule is COc1ccc2c(c1)nnn2-c1ccc2c(c1)CN(S(N)(=O)=O)CC2. The van der Waals surface area contributed by atoms with Crippen LogP contribution in [0.15, 0.2) is 36.4 Å². The van der Waals surface area contributed by atoms with Crippen molar-refractivity contribution in [2.45, 2.75) is 13.0 Å². The van der Waals surface area contributed by atoms with Crippen LogP contribution in [0.25, 0.3) is 16.7 Å². The van der Waals surface area contributed by atoms with E-state index < -0.39 is 10.2 Å². The summed E-state index contributed by atoms with van der Waals surface area (Å²) in [6, 6.07) is 11.5. The molecule has 3 aromatic rings. The minimum Gasteiger partial charge on any atom is -0.497 e. The molecule has 0 aliphatic carbocycles. The zero-order valence-electron chi connectivity index (χ0n) is 13.6. The van der Waals surface area contributed by atoms with Gasteiger partial charge in [-0.25, -0.2) is 9.82 Å². The highest BCUT2D eigenvalue weighted by molar-refractivity contribution is 7.86. The first-order chi connectivity index (χ1) is 12.0. The van der Waals surface area contributed by atoms with Crippen molar-refractivity contribution in [1.82, 2.24) is 19.3 Å². The van der Waals surface area contributed by atoms with Crippen molar-refractivity contribution >= 4 is 21.2 Å². The third kappa shape index (κ3) is 2.86. The molecular formula is C16H17N5O3S. The minimum absolute atomic E-state index is 0.266. The molecule has 0 bridgehead atoms. The molecule has 1 aromatic heterocycles. The quantitative estimate of drug-likeness (QED) is 0.751. The van der Waals surface area contributed by atoms with Gasteiger partial charge < -0.3 is 4.74 Å². The molecule has 1 aliphatic rings. The van der Waals surface area contributed by atoms with E-state index in [0.29, 0.717) is 18.7 Å². The third-order valence-electron chi connectivity index (χ3n) is 4.42. The summed E-state index contributed by atoms with van der Waals surface area (Å²) < 4.78 is 31.4. The van der Waals surface area contributed by atoms with Gasteiger partial charge in [-0.05, 0) is 41.8 Å². The Kier molecular flexibility index (Phi) is 3.71. The van der Waals surface area contributed by atoms with E-state index in [2.05, 4.69) is 10.3 Å². The Bertz CT molecular complexity index is 1060. The fourth-order valence-corrected chi connectivity index (χ4v) is 3.75. The van der Waals surface area contributed by atoms with Crippen LogP contribution in [0.2, 0.25) is 0 Å². The Morgan fingerprint density at radius 2 is 2.00 bits per heavy atom. The topological polar surface area (TPSA) is 103 Å². The van der Waals surface area contributed by atoms with E-state index in [9.17, 15) is 8.42 Å². The van der Waals surface area contributed by atoms with E-state index in [0.717, 1.165) is 27.8 Å². The first kappa shape index (κ1) is 16.0. The van der Waals surface area contributed by atoms with Crippen molar-refractivity contribution in [1.29, 1.82) is 0 Å². The molecule has 0 amide bonds. The molecule has 4 rings (SSSR count). The lowest BCUT2D eigenvalue weighted by molar-refractivity contribution is 0.392. The molecular weight excluding hydrogens is 342 g/mol. The van der Waals surface area contributed by atoms with Crippen LogP contribution < -0.4 is 9.88 Å². The van der Waals surface area contributed by atoms with Crippen LogP contribution in [0.1, 0.15) is 11.1 Å². The molecule has 0 saturated carbocycles. The highest BCUT2D eigenvalue weighted by Gasteiger charge is 2.24.